The SMILES string of the molecule is Cc1cc(-c2csc3ccccc23)c(Cl)c2c1NC(C)(C)[C@@H](O)[C@@H]2C. The zero-order valence-electron chi connectivity index (χ0n) is 14.9. The Morgan fingerprint density at radius 1 is 1.20 bits per heavy atom. The molecule has 0 amide bonds. The van der Waals surface area contributed by atoms with Crippen LogP contribution in [0.25, 0.3) is 21.2 Å². The second-order valence-corrected chi connectivity index (χ2v) is 8.86. The standard InChI is InChI=1S/C21H22ClNOS/c1-11-9-14(15-10-25-16-8-6-5-7-13(15)16)18(22)17-12(2)20(24)21(3,4)23-19(11)17/h5-10,12,20,23-24H,1-4H3/t12-,20+/m1/s1. The Balaban J connectivity index is 1.98. The van der Waals surface area contributed by atoms with Gasteiger partial charge in [-0.05, 0) is 43.8 Å². The summed E-state index contributed by atoms with van der Waals surface area (Å²) in [7, 11) is 0. The van der Waals surface area contributed by atoms with Gasteiger partial charge in [0.05, 0.1) is 16.7 Å². The highest BCUT2D eigenvalue weighted by atomic mass is 35.5. The number of hydrogen-bond donors (Lipinski definition) is 2. The molecule has 3 aromatic rings. The molecule has 2 atom stereocenters. The molecule has 0 saturated carbocycles. The monoisotopic (exact) mass is 371 g/mol. The third kappa shape index (κ3) is 2.49. The molecule has 0 fully saturated rings. The van der Waals surface area contributed by atoms with Crippen LogP contribution in [0.15, 0.2) is 35.7 Å². The Bertz CT molecular complexity index is 975. The molecular weight excluding hydrogens is 350 g/mol. The van der Waals surface area contributed by atoms with E-state index in [9.17, 15) is 5.11 Å². The van der Waals surface area contributed by atoms with Gasteiger partial charge in [0.25, 0.3) is 0 Å². The van der Waals surface area contributed by atoms with Gasteiger partial charge in [-0.2, -0.15) is 0 Å². The predicted molar refractivity (Wildman–Crippen MR) is 109 cm³/mol. The van der Waals surface area contributed by atoms with Crippen molar-refractivity contribution in [1.82, 2.24) is 0 Å². The maximum atomic E-state index is 10.7. The van der Waals surface area contributed by atoms with Gasteiger partial charge in [-0.1, -0.05) is 36.7 Å². The largest absolute Gasteiger partial charge is 0.390 e. The van der Waals surface area contributed by atoms with Crippen LogP contribution < -0.4 is 5.32 Å². The number of aliphatic hydroxyl groups excluding tert-OH is 1. The lowest BCUT2D eigenvalue weighted by Crippen LogP contribution is -2.50. The highest BCUT2D eigenvalue weighted by Crippen LogP contribution is 2.49. The van der Waals surface area contributed by atoms with Crippen LogP contribution >= 0.6 is 22.9 Å². The molecule has 0 spiro atoms. The summed E-state index contributed by atoms with van der Waals surface area (Å²) in [6.07, 6.45) is -0.494. The molecular formula is C21H22ClNOS. The van der Waals surface area contributed by atoms with Crippen molar-refractivity contribution in [1.29, 1.82) is 0 Å². The first-order valence-corrected chi connectivity index (χ1v) is 9.83. The summed E-state index contributed by atoms with van der Waals surface area (Å²) < 4.78 is 1.26. The summed E-state index contributed by atoms with van der Waals surface area (Å²) in [6.45, 7) is 8.24. The van der Waals surface area contributed by atoms with E-state index in [1.54, 1.807) is 11.3 Å². The number of benzene rings is 2. The number of aryl methyl sites for hydroxylation is 1. The van der Waals surface area contributed by atoms with Crippen molar-refractivity contribution in [3.63, 3.8) is 0 Å². The van der Waals surface area contributed by atoms with Crippen molar-refractivity contribution < 1.29 is 5.11 Å². The molecule has 25 heavy (non-hydrogen) atoms. The van der Waals surface area contributed by atoms with Crippen LogP contribution in [0.1, 0.15) is 37.8 Å². The molecule has 0 bridgehead atoms. The molecule has 1 aliphatic rings. The Kier molecular flexibility index (Phi) is 3.87. The number of thiophene rings is 1. The molecule has 4 heteroatoms. The lowest BCUT2D eigenvalue weighted by atomic mass is 9.77. The van der Waals surface area contributed by atoms with E-state index in [-0.39, 0.29) is 11.5 Å². The molecule has 1 aliphatic heterocycles. The third-order valence-corrected chi connectivity index (χ3v) is 6.75. The van der Waals surface area contributed by atoms with Gasteiger partial charge in [-0.25, -0.2) is 0 Å². The number of fused-ring (bicyclic) bond motifs is 2. The number of anilines is 1. The zero-order chi connectivity index (χ0) is 17.9. The van der Waals surface area contributed by atoms with Crippen molar-refractivity contribution >= 4 is 38.7 Å². The second-order valence-electron chi connectivity index (χ2n) is 7.57. The summed E-state index contributed by atoms with van der Waals surface area (Å²) in [5, 5.41) is 18.4. The van der Waals surface area contributed by atoms with Gasteiger partial charge in [0.2, 0.25) is 0 Å². The molecule has 1 aromatic heterocycles. The van der Waals surface area contributed by atoms with Crippen molar-refractivity contribution in [2.75, 3.05) is 5.32 Å². The van der Waals surface area contributed by atoms with Gasteiger partial charge in [0, 0.05) is 38.4 Å². The average molecular weight is 372 g/mol. The lowest BCUT2D eigenvalue weighted by Gasteiger charge is -2.43. The summed E-state index contributed by atoms with van der Waals surface area (Å²) in [5.74, 6) is -0.0256. The maximum Gasteiger partial charge on any atom is 0.0831 e. The zero-order valence-corrected chi connectivity index (χ0v) is 16.4. The number of hydrogen-bond acceptors (Lipinski definition) is 3. The minimum atomic E-state index is -0.494. The van der Waals surface area contributed by atoms with Crippen LogP contribution in [0.5, 0.6) is 0 Å². The fourth-order valence-electron chi connectivity index (χ4n) is 3.97. The van der Waals surface area contributed by atoms with Crippen LogP contribution in [-0.4, -0.2) is 16.7 Å². The molecule has 2 nitrogen and oxygen atoms in total. The molecule has 0 saturated heterocycles. The van der Waals surface area contributed by atoms with Crippen LogP contribution in [0.2, 0.25) is 5.02 Å². The number of aliphatic hydroxyl groups is 1. The topological polar surface area (TPSA) is 32.3 Å². The van der Waals surface area contributed by atoms with E-state index >= 15 is 0 Å². The fraction of sp³-hybridized carbons (Fsp3) is 0.333. The summed E-state index contributed by atoms with van der Waals surface area (Å²) >= 11 is 8.64. The molecule has 0 radical (unpaired) electrons. The van der Waals surface area contributed by atoms with E-state index in [1.165, 1.54) is 15.6 Å². The van der Waals surface area contributed by atoms with Crippen LogP contribution in [0.4, 0.5) is 5.69 Å². The Morgan fingerprint density at radius 2 is 1.92 bits per heavy atom. The Labute approximate surface area is 157 Å². The second kappa shape index (κ2) is 5.73. The Hall–Kier alpha value is -1.55. The van der Waals surface area contributed by atoms with Crippen molar-refractivity contribution in [2.45, 2.75) is 45.3 Å². The van der Waals surface area contributed by atoms with Crippen LogP contribution in [-0.2, 0) is 0 Å². The maximum absolute atomic E-state index is 10.7. The molecule has 4 rings (SSSR count). The fourth-order valence-corrected chi connectivity index (χ4v) is 5.36. The normalized spacial score (nSPS) is 21.8. The molecule has 2 aromatic carbocycles. The van der Waals surface area contributed by atoms with Crippen LogP contribution in [0.3, 0.4) is 0 Å². The highest BCUT2D eigenvalue weighted by Gasteiger charge is 2.40. The molecule has 0 aliphatic carbocycles. The lowest BCUT2D eigenvalue weighted by molar-refractivity contribution is 0.0869. The summed E-state index contributed by atoms with van der Waals surface area (Å²) in [5.41, 5.74) is 5.10. The van der Waals surface area contributed by atoms with Gasteiger partial charge in [-0.3, -0.25) is 0 Å². The number of nitrogens with one attached hydrogen (secondary N) is 1. The van der Waals surface area contributed by atoms with E-state index in [2.05, 4.69) is 54.9 Å². The van der Waals surface area contributed by atoms with Gasteiger partial charge in [-0.15, -0.1) is 11.3 Å². The minimum absolute atomic E-state index is 0.0256. The summed E-state index contributed by atoms with van der Waals surface area (Å²) in [6, 6.07) is 10.6. The summed E-state index contributed by atoms with van der Waals surface area (Å²) in [4.78, 5) is 0. The van der Waals surface area contributed by atoms with Crippen molar-refractivity contribution in [2.24, 2.45) is 0 Å². The molecule has 2 N–H and O–H groups in total. The first kappa shape index (κ1) is 16.9. The van der Waals surface area contributed by atoms with Gasteiger partial charge in [0.1, 0.15) is 0 Å². The number of rotatable bonds is 1. The van der Waals surface area contributed by atoms with Crippen molar-refractivity contribution in [3.8, 4) is 11.1 Å². The van der Waals surface area contributed by atoms with Gasteiger partial charge >= 0.3 is 0 Å². The molecule has 2 heterocycles. The van der Waals surface area contributed by atoms with E-state index in [0.717, 1.165) is 27.4 Å². The average Bonchev–Trinajstić information content (AvgIpc) is 2.99. The smallest absolute Gasteiger partial charge is 0.0831 e. The quantitative estimate of drug-likeness (QED) is 0.533. The molecule has 130 valence electrons. The highest BCUT2D eigenvalue weighted by molar-refractivity contribution is 7.17. The Morgan fingerprint density at radius 3 is 2.68 bits per heavy atom. The molecule has 0 unspecified atom stereocenters. The first-order valence-electron chi connectivity index (χ1n) is 8.57. The van der Waals surface area contributed by atoms with E-state index in [1.807, 2.05) is 13.8 Å². The van der Waals surface area contributed by atoms with E-state index < -0.39 is 6.10 Å². The minimum Gasteiger partial charge on any atom is -0.390 e. The first-order chi connectivity index (χ1) is 11.8. The third-order valence-electron chi connectivity index (χ3n) is 5.38. The van der Waals surface area contributed by atoms with Crippen molar-refractivity contribution in [3.05, 3.63) is 51.9 Å². The van der Waals surface area contributed by atoms with E-state index in [0.29, 0.717) is 0 Å². The van der Waals surface area contributed by atoms with E-state index in [4.69, 9.17) is 11.6 Å². The van der Waals surface area contributed by atoms with Gasteiger partial charge in [0.15, 0.2) is 0 Å². The van der Waals surface area contributed by atoms with Gasteiger partial charge < -0.3 is 10.4 Å². The number of halogens is 1. The van der Waals surface area contributed by atoms with Crippen LogP contribution in [0, 0.1) is 6.92 Å². The predicted octanol–water partition coefficient (Wildman–Crippen LogP) is 6.20.